The number of hydrogen-bond donors (Lipinski definition) is 1. The summed E-state index contributed by atoms with van der Waals surface area (Å²) >= 11 is 0. The molecule has 2 aliphatic rings. The number of hydrogen-bond acceptors (Lipinski definition) is 3. The Morgan fingerprint density at radius 1 is 1.44 bits per heavy atom. The van der Waals surface area contributed by atoms with E-state index < -0.39 is 11.1 Å². The van der Waals surface area contributed by atoms with Gasteiger partial charge in [0.05, 0.1) is 6.04 Å². The SMILES string of the molecule is CC1CCC2(C(=O)NC2C)N1C(=O)OC(C)(C)C. The molecule has 2 saturated heterocycles. The fourth-order valence-corrected chi connectivity index (χ4v) is 2.93. The lowest BCUT2D eigenvalue weighted by Crippen LogP contribution is -2.77. The van der Waals surface area contributed by atoms with E-state index in [2.05, 4.69) is 5.32 Å². The number of rotatable bonds is 0. The molecule has 2 heterocycles. The second-order valence-electron chi connectivity index (χ2n) is 6.36. The second-order valence-corrected chi connectivity index (χ2v) is 6.36. The summed E-state index contributed by atoms with van der Waals surface area (Å²) in [4.78, 5) is 25.9. The summed E-state index contributed by atoms with van der Waals surface area (Å²) in [5.74, 6) is -0.0507. The molecule has 2 rings (SSSR count). The summed E-state index contributed by atoms with van der Waals surface area (Å²) in [6.07, 6.45) is 1.19. The van der Waals surface area contributed by atoms with Crippen LogP contribution < -0.4 is 5.32 Å². The van der Waals surface area contributed by atoms with Crippen LogP contribution in [0.1, 0.15) is 47.5 Å². The summed E-state index contributed by atoms with van der Waals surface area (Å²) in [5, 5.41) is 2.82. The van der Waals surface area contributed by atoms with Gasteiger partial charge in [0.1, 0.15) is 11.1 Å². The monoisotopic (exact) mass is 254 g/mol. The van der Waals surface area contributed by atoms with Crippen LogP contribution in [0.3, 0.4) is 0 Å². The van der Waals surface area contributed by atoms with Crippen LogP contribution in [-0.2, 0) is 9.53 Å². The third-order valence-corrected chi connectivity index (χ3v) is 3.86. The Labute approximate surface area is 108 Å². The molecule has 0 aromatic carbocycles. The van der Waals surface area contributed by atoms with E-state index in [0.29, 0.717) is 0 Å². The van der Waals surface area contributed by atoms with Gasteiger partial charge in [0, 0.05) is 6.04 Å². The zero-order chi connectivity index (χ0) is 13.7. The van der Waals surface area contributed by atoms with Gasteiger partial charge in [0.15, 0.2) is 0 Å². The van der Waals surface area contributed by atoms with Crippen molar-refractivity contribution in [1.29, 1.82) is 0 Å². The van der Waals surface area contributed by atoms with Gasteiger partial charge in [-0.15, -0.1) is 0 Å². The van der Waals surface area contributed by atoms with Gasteiger partial charge >= 0.3 is 6.09 Å². The molecule has 5 heteroatoms. The van der Waals surface area contributed by atoms with Gasteiger partial charge in [-0.2, -0.15) is 0 Å². The Morgan fingerprint density at radius 2 is 2.06 bits per heavy atom. The Bertz CT molecular complexity index is 388. The number of ether oxygens (including phenoxy) is 1. The molecule has 0 radical (unpaired) electrons. The van der Waals surface area contributed by atoms with E-state index in [1.807, 2.05) is 34.6 Å². The number of nitrogens with one attached hydrogen (secondary N) is 1. The van der Waals surface area contributed by atoms with Crippen molar-refractivity contribution in [3.63, 3.8) is 0 Å². The van der Waals surface area contributed by atoms with Crippen molar-refractivity contribution in [2.24, 2.45) is 0 Å². The highest BCUT2D eigenvalue weighted by atomic mass is 16.6. The second kappa shape index (κ2) is 3.87. The summed E-state index contributed by atoms with van der Waals surface area (Å²) in [5.41, 5.74) is -1.22. The minimum atomic E-state index is -0.679. The third-order valence-electron chi connectivity index (χ3n) is 3.86. The maximum atomic E-state index is 12.3. The van der Waals surface area contributed by atoms with Gasteiger partial charge in [-0.3, -0.25) is 9.69 Å². The molecule has 1 N–H and O–H groups in total. The van der Waals surface area contributed by atoms with E-state index in [1.165, 1.54) is 0 Å². The largest absolute Gasteiger partial charge is 0.444 e. The van der Waals surface area contributed by atoms with Crippen molar-refractivity contribution in [3.8, 4) is 0 Å². The van der Waals surface area contributed by atoms with Crippen molar-refractivity contribution in [1.82, 2.24) is 10.2 Å². The zero-order valence-corrected chi connectivity index (χ0v) is 11.7. The first-order valence-electron chi connectivity index (χ1n) is 6.52. The first-order chi connectivity index (χ1) is 8.18. The normalized spacial score (nSPS) is 35.4. The number of carbonyl (C=O) groups excluding carboxylic acids is 2. The molecule has 18 heavy (non-hydrogen) atoms. The maximum Gasteiger partial charge on any atom is 0.411 e. The van der Waals surface area contributed by atoms with Gasteiger partial charge in [-0.25, -0.2) is 4.79 Å². The Morgan fingerprint density at radius 3 is 2.50 bits per heavy atom. The van der Waals surface area contributed by atoms with Crippen LogP contribution in [0.5, 0.6) is 0 Å². The van der Waals surface area contributed by atoms with Crippen molar-refractivity contribution in [2.75, 3.05) is 0 Å². The predicted octanol–water partition coefficient (Wildman–Crippen LogP) is 1.66. The Kier molecular flexibility index (Phi) is 2.83. The van der Waals surface area contributed by atoms with E-state index in [0.717, 1.165) is 12.8 Å². The molecule has 3 unspecified atom stereocenters. The van der Waals surface area contributed by atoms with E-state index in [4.69, 9.17) is 4.74 Å². The summed E-state index contributed by atoms with van der Waals surface area (Å²) in [6.45, 7) is 9.42. The highest BCUT2D eigenvalue weighted by Crippen LogP contribution is 2.42. The molecule has 5 nitrogen and oxygen atoms in total. The van der Waals surface area contributed by atoms with Gasteiger partial charge in [0.25, 0.3) is 0 Å². The molecule has 0 aromatic rings. The lowest BCUT2D eigenvalue weighted by molar-refractivity contribution is -0.146. The summed E-state index contributed by atoms with van der Waals surface area (Å²) in [7, 11) is 0. The minimum absolute atomic E-state index is 0.00229. The number of β-lactam (4-membered cyclic amide) rings is 1. The van der Waals surface area contributed by atoms with Gasteiger partial charge in [-0.1, -0.05) is 0 Å². The highest BCUT2D eigenvalue weighted by molar-refractivity contribution is 5.97. The standard InChI is InChI=1S/C13H22N2O3/c1-8-6-7-13(9(2)14-10(13)16)15(8)11(17)18-12(3,4)5/h8-9H,6-7H2,1-5H3,(H,14,16). The first-order valence-corrected chi connectivity index (χ1v) is 6.52. The smallest absolute Gasteiger partial charge is 0.411 e. The van der Waals surface area contributed by atoms with E-state index in [9.17, 15) is 9.59 Å². The minimum Gasteiger partial charge on any atom is -0.444 e. The third kappa shape index (κ3) is 1.76. The van der Waals surface area contributed by atoms with Crippen LogP contribution in [0.25, 0.3) is 0 Å². The molecular formula is C13H22N2O3. The fraction of sp³-hybridized carbons (Fsp3) is 0.846. The summed E-state index contributed by atoms with van der Waals surface area (Å²) < 4.78 is 5.43. The van der Waals surface area contributed by atoms with Crippen LogP contribution in [0, 0.1) is 0 Å². The molecule has 2 fully saturated rings. The van der Waals surface area contributed by atoms with E-state index in [-0.39, 0.29) is 24.1 Å². The molecule has 2 aliphatic heterocycles. The molecule has 3 atom stereocenters. The maximum absolute atomic E-state index is 12.3. The number of nitrogens with zero attached hydrogens (tertiary/aromatic N) is 1. The van der Waals surface area contributed by atoms with Crippen LogP contribution in [0.2, 0.25) is 0 Å². The average molecular weight is 254 g/mol. The van der Waals surface area contributed by atoms with Crippen molar-refractivity contribution >= 4 is 12.0 Å². The Balaban J connectivity index is 2.24. The molecule has 0 aromatic heterocycles. The number of amides is 2. The summed E-state index contributed by atoms with van der Waals surface area (Å²) in [6, 6.07) is 0.0517. The average Bonchev–Trinajstić information content (AvgIpc) is 2.56. The molecular weight excluding hydrogens is 232 g/mol. The van der Waals surface area contributed by atoms with Crippen LogP contribution >= 0.6 is 0 Å². The lowest BCUT2D eigenvalue weighted by Gasteiger charge is -2.50. The van der Waals surface area contributed by atoms with E-state index in [1.54, 1.807) is 4.90 Å². The predicted molar refractivity (Wildman–Crippen MR) is 67.1 cm³/mol. The van der Waals surface area contributed by atoms with E-state index >= 15 is 0 Å². The van der Waals surface area contributed by atoms with Crippen molar-refractivity contribution in [3.05, 3.63) is 0 Å². The highest BCUT2D eigenvalue weighted by Gasteiger charge is 2.63. The van der Waals surface area contributed by atoms with Crippen molar-refractivity contribution < 1.29 is 14.3 Å². The quantitative estimate of drug-likeness (QED) is 0.669. The molecule has 0 saturated carbocycles. The topological polar surface area (TPSA) is 58.6 Å². The molecule has 102 valence electrons. The lowest BCUT2D eigenvalue weighted by atomic mass is 9.80. The van der Waals surface area contributed by atoms with Crippen molar-refractivity contribution in [2.45, 2.75) is 70.7 Å². The molecule has 2 amide bonds. The van der Waals surface area contributed by atoms with Gasteiger partial charge in [0.2, 0.25) is 5.91 Å². The zero-order valence-electron chi connectivity index (χ0n) is 11.7. The van der Waals surface area contributed by atoms with Gasteiger partial charge in [-0.05, 0) is 47.5 Å². The fourth-order valence-electron chi connectivity index (χ4n) is 2.93. The van der Waals surface area contributed by atoms with Crippen LogP contribution in [0.15, 0.2) is 0 Å². The number of carbonyl (C=O) groups is 2. The Hall–Kier alpha value is -1.26. The number of likely N-dealkylation sites (tertiary alicyclic amines) is 1. The first kappa shape index (κ1) is 13.2. The van der Waals surface area contributed by atoms with Gasteiger partial charge < -0.3 is 10.1 Å². The molecule has 1 spiro atoms. The van der Waals surface area contributed by atoms with Crippen LogP contribution in [0.4, 0.5) is 4.79 Å². The van der Waals surface area contributed by atoms with Crippen LogP contribution in [-0.4, -0.2) is 40.1 Å². The molecule has 0 bridgehead atoms. The molecule has 0 aliphatic carbocycles.